The molecule has 0 atom stereocenters. The van der Waals surface area contributed by atoms with Gasteiger partial charge < -0.3 is 10.2 Å². The smallest absolute Gasteiger partial charge is 0.225 e. The first-order valence-corrected chi connectivity index (χ1v) is 5.79. The molecule has 0 spiro atoms. The van der Waals surface area contributed by atoms with Gasteiger partial charge in [-0.1, -0.05) is 6.92 Å². The Balaban J connectivity index is 2.43. The third kappa shape index (κ3) is 2.98. The highest BCUT2D eigenvalue weighted by molar-refractivity contribution is 5.78. The number of piperidine rings is 1. The molecule has 1 saturated heterocycles. The van der Waals surface area contributed by atoms with Crippen molar-refractivity contribution in [3.63, 3.8) is 0 Å². The Labute approximate surface area is 86.9 Å². The Morgan fingerprint density at radius 3 is 2.50 bits per heavy atom. The minimum Gasteiger partial charge on any atom is -0.343 e. The largest absolute Gasteiger partial charge is 0.343 e. The minimum absolute atomic E-state index is 0.280. The molecule has 82 valence electrons. The number of nitrogens with zero attached hydrogens (tertiary/aromatic N) is 1. The highest BCUT2D eigenvalue weighted by atomic mass is 16.2. The number of carbonyl (C=O) groups excluding carboxylic acids is 1. The van der Waals surface area contributed by atoms with Crippen LogP contribution in [0, 0.1) is 5.92 Å². The molecule has 0 unspecified atom stereocenters. The lowest BCUT2D eigenvalue weighted by Gasteiger charge is -2.28. The molecule has 14 heavy (non-hydrogen) atoms. The monoisotopic (exact) mass is 198 g/mol. The summed E-state index contributed by atoms with van der Waals surface area (Å²) in [4.78, 5) is 14.0. The fourth-order valence-electron chi connectivity index (χ4n) is 2.02. The first kappa shape index (κ1) is 11.5. The molecule has 0 saturated carbocycles. The van der Waals surface area contributed by atoms with E-state index in [2.05, 4.69) is 19.2 Å². The van der Waals surface area contributed by atoms with Gasteiger partial charge in [-0.15, -0.1) is 0 Å². The van der Waals surface area contributed by atoms with Crippen LogP contribution in [0.2, 0.25) is 0 Å². The Hall–Kier alpha value is -0.570. The Kier molecular flexibility index (Phi) is 4.94. The summed E-state index contributed by atoms with van der Waals surface area (Å²) in [6.45, 7) is 7.96. The van der Waals surface area contributed by atoms with Crippen LogP contribution in [0.25, 0.3) is 0 Å². The molecule has 3 heteroatoms. The molecular formula is C11H22N2O. The van der Waals surface area contributed by atoms with E-state index in [9.17, 15) is 4.79 Å². The molecule has 1 heterocycles. The lowest BCUT2D eigenvalue weighted by Crippen LogP contribution is -2.41. The van der Waals surface area contributed by atoms with E-state index in [4.69, 9.17) is 0 Å². The van der Waals surface area contributed by atoms with Crippen LogP contribution in [0.5, 0.6) is 0 Å². The van der Waals surface area contributed by atoms with E-state index >= 15 is 0 Å². The maximum atomic E-state index is 12.0. The van der Waals surface area contributed by atoms with E-state index in [1.165, 1.54) is 0 Å². The zero-order valence-electron chi connectivity index (χ0n) is 9.38. The van der Waals surface area contributed by atoms with Crippen LogP contribution >= 0.6 is 0 Å². The van der Waals surface area contributed by atoms with Crippen molar-refractivity contribution in [3.05, 3.63) is 0 Å². The van der Waals surface area contributed by atoms with E-state index < -0.39 is 0 Å². The van der Waals surface area contributed by atoms with Crippen molar-refractivity contribution in [2.45, 2.75) is 33.1 Å². The summed E-state index contributed by atoms with van der Waals surface area (Å²) >= 11 is 0. The fraction of sp³-hybridized carbons (Fsp3) is 0.909. The SMILES string of the molecule is CCCN(CC)C(=O)C1CCNCC1. The van der Waals surface area contributed by atoms with Crippen molar-refractivity contribution >= 4 is 5.91 Å². The Morgan fingerprint density at radius 2 is 2.00 bits per heavy atom. The van der Waals surface area contributed by atoms with Crippen LogP contribution in [-0.2, 0) is 4.79 Å². The summed E-state index contributed by atoms with van der Waals surface area (Å²) < 4.78 is 0. The zero-order valence-corrected chi connectivity index (χ0v) is 9.38. The summed E-state index contributed by atoms with van der Waals surface area (Å²) in [5, 5.41) is 3.29. The van der Waals surface area contributed by atoms with Crippen molar-refractivity contribution in [1.82, 2.24) is 10.2 Å². The molecule has 0 aromatic heterocycles. The molecule has 1 fully saturated rings. The topological polar surface area (TPSA) is 32.3 Å². The summed E-state index contributed by atoms with van der Waals surface area (Å²) in [5.41, 5.74) is 0. The van der Waals surface area contributed by atoms with Gasteiger partial charge in [0.15, 0.2) is 0 Å². The molecule has 1 aliphatic rings. The van der Waals surface area contributed by atoms with Gasteiger partial charge >= 0.3 is 0 Å². The third-order valence-electron chi connectivity index (χ3n) is 2.88. The predicted octanol–water partition coefficient (Wildman–Crippen LogP) is 1.24. The predicted molar refractivity (Wildman–Crippen MR) is 58.1 cm³/mol. The molecule has 1 rings (SSSR count). The van der Waals surface area contributed by atoms with Crippen molar-refractivity contribution in [3.8, 4) is 0 Å². The fourth-order valence-corrected chi connectivity index (χ4v) is 2.02. The number of carbonyl (C=O) groups is 1. The number of nitrogens with one attached hydrogen (secondary N) is 1. The summed E-state index contributed by atoms with van der Waals surface area (Å²) in [6.07, 6.45) is 3.09. The van der Waals surface area contributed by atoms with E-state index in [1.54, 1.807) is 0 Å². The zero-order chi connectivity index (χ0) is 10.4. The highest BCUT2D eigenvalue weighted by Gasteiger charge is 2.24. The number of hydrogen-bond donors (Lipinski definition) is 1. The normalized spacial score (nSPS) is 18.1. The van der Waals surface area contributed by atoms with Gasteiger partial charge in [0.05, 0.1) is 0 Å². The van der Waals surface area contributed by atoms with Gasteiger partial charge in [0.1, 0.15) is 0 Å². The molecule has 3 nitrogen and oxygen atoms in total. The second-order valence-electron chi connectivity index (χ2n) is 3.94. The van der Waals surface area contributed by atoms with Gasteiger partial charge in [0.2, 0.25) is 5.91 Å². The molecule has 1 aliphatic heterocycles. The standard InChI is InChI=1S/C11H22N2O/c1-3-9-13(4-2)11(14)10-5-7-12-8-6-10/h10,12H,3-9H2,1-2H3. The van der Waals surface area contributed by atoms with Gasteiger partial charge in [-0.3, -0.25) is 4.79 Å². The second kappa shape index (κ2) is 6.02. The maximum absolute atomic E-state index is 12.0. The van der Waals surface area contributed by atoms with E-state index in [0.717, 1.165) is 45.4 Å². The minimum atomic E-state index is 0.280. The molecule has 0 radical (unpaired) electrons. The molecule has 1 amide bonds. The van der Waals surface area contributed by atoms with Crippen LogP contribution in [0.1, 0.15) is 33.1 Å². The van der Waals surface area contributed by atoms with Crippen LogP contribution in [0.15, 0.2) is 0 Å². The first-order valence-electron chi connectivity index (χ1n) is 5.79. The molecule has 1 N–H and O–H groups in total. The quantitative estimate of drug-likeness (QED) is 0.737. The average molecular weight is 198 g/mol. The van der Waals surface area contributed by atoms with Gasteiger partial charge in [-0.05, 0) is 39.3 Å². The number of amides is 1. The molecule has 0 aliphatic carbocycles. The second-order valence-corrected chi connectivity index (χ2v) is 3.94. The maximum Gasteiger partial charge on any atom is 0.225 e. The van der Waals surface area contributed by atoms with Gasteiger partial charge in [0, 0.05) is 19.0 Å². The number of rotatable bonds is 4. The van der Waals surface area contributed by atoms with Crippen molar-refractivity contribution < 1.29 is 4.79 Å². The van der Waals surface area contributed by atoms with Crippen molar-refractivity contribution in [1.29, 1.82) is 0 Å². The van der Waals surface area contributed by atoms with E-state index in [1.807, 2.05) is 4.90 Å². The van der Waals surface area contributed by atoms with Gasteiger partial charge in [0.25, 0.3) is 0 Å². The van der Waals surface area contributed by atoms with Crippen LogP contribution < -0.4 is 5.32 Å². The molecule has 0 bridgehead atoms. The lowest BCUT2D eigenvalue weighted by atomic mass is 9.96. The Morgan fingerprint density at radius 1 is 1.36 bits per heavy atom. The summed E-state index contributed by atoms with van der Waals surface area (Å²) in [5.74, 6) is 0.651. The van der Waals surface area contributed by atoms with Gasteiger partial charge in [-0.2, -0.15) is 0 Å². The lowest BCUT2D eigenvalue weighted by molar-refractivity contribution is -0.136. The van der Waals surface area contributed by atoms with E-state index in [0.29, 0.717) is 5.91 Å². The van der Waals surface area contributed by atoms with Crippen LogP contribution in [-0.4, -0.2) is 37.0 Å². The van der Waals surface area contributed by atoms with Gasteiger partial charge in [-0.25, -0.2) is 0 Å². The third-order valence-corrected chi connectivity index (χ3v) is 2.88. The van der Waals surface area contributed by atoms with Crippen molar-refractivity contribution in [2.75, 3.05) is 26.2 Å². The summed E-state index contributed by atoms with van der Waals surface area (Å²) in [6, 6.07) is 0. The van der Waals surface area contributed by atoms with Crippen molar-refractivity contribution in [2.24, 2.45) is 5.92 Å². The highest BCUT2D eigenvalue weighted by Crippen LogP contribution is 2.15. The molecular weight excluding hydrogens is 176 g/mol. The summed E-state index contributed by atoms with van der Waals surface area (Å²) in [7, 11) is 0. The average Bonchev–Trinajstić information content (AvgIpc) is 2.26. The molecule has 0 aromatic rings. The Bertz CT molecular complexity index is 169. The number of hydrogen-bond acceptors (Lipinski definition) is 2. The first-order chi connectivity index (χ1) is 6.79. The van der Waals surface area contributed by atoms with Crippen LogP contribution in [0.4, 0.5) is 0 Å². The molecule has 0 aromatic carbocycles. The van der Waals surface area contributed by atoms with E-state index in [-0.39, 0.29) is 5.92 Å². The van der Waals surface area contributed by atoms with Crippen LogP contribution in [0.3, 0.4) is 0 Å².